The molecule has 0 aromatic heterocycles. The molecule has 1 rings (SSSR count). The van der Waals surface area contributed by atoms with E-state index in [2.05, 4.69) is 11.8 Å². The molecule has 0 saturated heterocycles. The first-order valence-electron chi connectivity index (χ1n) is 4.65. The Hall–Kier alpha value is -1.55. The SMILES string of the molecule is CC#CCC(=O)c1ccc(C)cc1C. The molecular formula is C13H14O. The Morgan fingerprint density at radius 2 is 2.07 bits per heavy atom. The minimum atomic E-state index is 0.108. The van der Waals surface area contributed by atoms with E-state index in [4.69, 9.17) is 0 Å². The molecule has 14 heavy (non-hydrogen) atoms. The molecule has 0 atom stereocenters. The van der Waals surface area contributed by atoms with E-state index in [1.54, 1.807) is 6.92 Å². The maximum atomic E-state index is 11.6. The summed E-state index contributed by atoms with van der Waals surface area (Å²) in [7, 11) is 0. The molecule has 1 aromatic carbocycles. The van der Waals surface area contributed by atoms with Crippen LogP contribution in [0.1, 0.15) is 34.8 Å². The molecule has 0 aliphatic heterocycles. The van der Waals surface area contributed by atoms with Crippen molar-refractivity contribution in [3.8, 4) is 11.8 Å². The van der Waals surface area contributed by atoms with E-state index in [1.165, 1.54) is 5.56 Å². The summed E-state index contributed by atoms with van der Waals surface area (Å²) in [5.41, 5.74) is 3.01. The van der Waals surface area contributed by atoms with Crippen LogP contribution in [0.15, 0.2) is 18.2 Å². The molecule has 0 fully saturated rings. The van der Waals surface area contributed by atoms with Gasteiger partial charge in [0.25, 0.3) is 0 Å². The maximum Gasteiger partial charge on any atom is 0.174 e. The van der Waals surface area contributed by atoms with Crippen LogP contribution in [0.4, 0.5) is 0 Å². The van der Waals surface area contributed by atoms with Gasteiger partial charge in [-0.25, -0.2) is 0 Å². The number of carbonyl (C=O) groups excluding carboxylic acids is 1. The van der Waals surface area contributed by atoms with E-state index >= 15 is 0 Å². The zero-order valence-corrected chi connectivity index (χ0v) is 8.85. The molecule has 0 heterocycles. The summed E-state index contributed by atoms with van der Waals surface area (Å²) in [6.07, 6.45) is 0.320. The topological polar surface area (TPSA) is 17.1 Å². The van der Waals surface area contributed by atoms with Crippen molar-refractivity contribution >= 4 is 5.78 Å². The molecule has 0 bridgehead atoms. The lowest BCUT2D eigenvalue weighted by Gasteiger charge is -2.03. The lowest BCUT2D eigenvalue weighted by Crippen LogP contribution is -2.00. The van der Waals surface area contributed by atoms with Crippen molar-refractivity contribution in [2.45, 2.75) is 27.2 Å². The molecule has 0 N–H and O–H groups in total. The maximum absolute atomic E-state index is 11.6. The summed E-state index contributed by atoms with van der Waals surface area (Å²) >= 11 is 0. The predicted molar refractivity (Wildman–Crippen MR) is 58.3 cm³/mol. The molecule has 0 aliphatic rings. The van der Waals surface area contributed by atoms with E-state index in [-0.39, 0.29) is 5.78 Å². The Morgan fingerprint density at radius 1 is 1.36 bits per heavy atom. The Morgan fingerprint density at radius 3 is 2.64 bits per heavy atom. The molecule has 0 radical (unpaired) electrons. The van der Waals surface area contributed by atoms with Gasteiger partial charge >= 0.3 is 0 Å². The van der Waals surface area contributed by atoms with Crippen LogP contribution in [0.25, 0.3) is 0 Å². The van der Waals surface area contributed by atoms with Crippen molar-refractivity contribution in [2.75, 3.05) is 0 Å². The average Bonchev–Trinajstić information content (AvgIpc) is 2.14. The number of hydrogen-bond donors (Lipinski definition) is 0. The van der Waals surface area contributed by atoms with Gasteiger partial charge in [0, 0.05) is 5.56 Å². The van der Waals surface area contributed by atoms with Crippen LogP contribution in [0.2, 0.25) is 0 Å². The van der Waals surface area contributed by atoms with Crippen molar-refractivity contribution in [1.82, 2.24) is 0 Å². The summed E-state index contributed by atoms with van der Waals surface area (Å²) in [5, 5.41) is 0. The number of rotatable bonds is 2. The van der Waals surface area contributed by atoms with Gasteiger partial charge in [-0.2, -0.15) is 0 Å². The lowest BCUT2D eigenvalue weighted by molar-refractivity contribution is 0.0997. The third kappa shape index (κ3) is 2.47. The summed E-state index contributed by atoms with van der Waals surface area (Å²) < 4.78 is 0. The summed E-state index contributed by atoms with van der Waals surface area (Å²) in [4.78, 5) is 11.6. The molecule has 0 amide bonds. The van der Waals surface area contributed by atoms with Gasteiger partial charge in [-0.1, -0.05) is 29.7 Å². The van der Waals surface area contributed by atoms with Crippen molar-refractivity contribution in [3.63, 3.8) is 0 Å². The summed E-state index contributed by atoms with van der Waals surface area (Å²) in [6.45, 7) is 5.72. The van der Waals surface area contributed by atoms with Gasteiger partial charge in [0.2, 0.25) is 0 Å². The van der Waals surface area contributed by atoms with Crippen LogP contribution in [0.3, 0.4) is 0 Å². The Balaban J connectivity index is 2.94. The highest BCUT2D eigenvalue weighted by Gasteiger charge is 2.06. The van der Waals surface area contributed by atoms with Crippen LogP contribution in [0, 0.1) is 25.7 Å². The molecule has 1 nitrogen and oxygen atoms in total. The van der Waals surface area contributed by atoms with E-state index in [0.717, 1.165) is 11.1 Å². The normalized spacial score (nSPS) is 9.07. The first kappa shape index (κ1) is 10.5. The van der Waals surface area contributed by atoms with Crippen molar-refractivity contribution in [2.24, 2.45) is 0 Å². The quantitative estimate of drug-likeness (QED) is 0.512. The standard InChI is InChI=1S/C13H14O/c1-4-5-6-13(14)12-8-7-10(2)9-11(12)3/h7-9H,6H2,1-3H3. The molecule has 0 saturated carbocycles. The van der Waals surface area contributed by atoms with Crippen LogP contribution < -0.4 is 0 Å². The Labute approximate surface area is 85.1 Å². The smallest absolute Gasteiger partial charge is 0.174 e. The van der Waals surface area contributed by atoms with Crippen molar-refractivity contribution in [3.05, 3.63) is 34.9 Å². The van der Waals surface area contributed by atoms with Gasteiger partial charge in [-0.15, -0.1) is 5.92 Å². The number of aryl methyl sites for hydroxylation is 2. The Bertz CT molecular complexity index is 405. The van der Waals surface area contributed by atoms with Crippen LogP contribution in [0.5, 0.6) is 0 Å². The van der Waals surface area contributed by atoms with Crippen LogP contribution in [-0.4, -0.2) is 5.78 Å². The minimum Gasteiger partial charge on any atom is -0.293 e. The fourth-order valence-electron chi connectivity index (χ4n) is 1.39. The Kier molecular flexibility index (Phi) is 3.48. The molecule has 1 aromatic rings. The van der Waals surface area contributed by atoms with Gasteiger partial charge < -0.3 is 0 Å². The zero-order chi connectivity index (χ0) is 10.6. The van der Waals surface area contributed by atoms with E-state index < -0.39 is 0 Å². The number of ketones is 1. The van der Waals surface area contributed by atoms with Crippen LogP contribution in [-0.2, 0) is 0 Å². The molecule has 0 aliphatic carbocycles. The molecule has 1 heteroatoms. The van der Waals surface area contributed by atoms with Gasteiger partial charge in [-0.05, 0) is 26.3 Å². The molecule has 0 spiro atoms. The second kappa shape index (κ2) is 4.62. The highest BCUT2D eigenvalue weighted by atomic mass is 16.1. The molecule has 0 unspecified atom stereocenters. The lowest BCUT2D eigenvalue weighted by atomic mass is 10.0. The number of carbonyl (C=O) groups is 1. The summed E-state index contributed by atoms with van der Waals surface area (Å²) in [5.74, 6) is 5.63. The van der Waals surface area contributed by atoms with Gasteiger partial charge in [-0.3, -0.25) is 4.79 Å². The van der Waals surface area contributed by atoms with Crippen molar-refractivity contribution < 1.29 is 4.79 Å². The number of benzene rings is 1. The highest BCUT2D eigenvalue weighted by molar-refractivity contribution is 5.98. The largest absolute Gasteiger partial charge is 0.293 e. The number of Topliss-reactive ketones (excluding diaryl/α,β-unsaturated/α-hetero) is 1. The predicted octanol–water partition coefficient (Wildman–Crippen LogP) is 2.90. The third-order valence-corrected chi connectivity index (χ3v) is 2.11. The van der Waals surface area contributed by atoms with E-state index in [1.807, 2.05) is 32.0 Å². The second-order valence-corrected chi connectivity index (χ2v) is 3.35. The van der Waals surface area contributed by atoms with Crippen molar-refractivity contribution in [1.29, 1.82) is 0 Å². The fraction of sp³-hybridized carbons (Fsp3) is 0.308. The monoisotopic (exact) mass is 186 g/mol. The first-order chi connectivity index (χ1) is 6.65. The highest BCUT2D eigenvalue weighted by Crippen LogP contribution is 2.12. The van der Waals surface area contributed by atoms with Crippen LogP contribution >= 0.6 is 0 Å². The van der Waals surface area contributed by atoms with Gasteiger partial charge in [0.05, 0.1) is 6.42 Å². The summed E-state index contributed by atoms with van der Waals surface area (Å²) in [6, 6.07) is 5.86. The fourth-order valence-corrected chi connectivity index (χ4v) is 1.39. The van der Waals surface area contributed by atoms with E-state index in [0.29, 0.717) is 6.42 Å². The van der Waals surface area contributed by atoms with E-state index in [9.17, 15) is 4.79 Å². The van der Waals surface area contributed by atoms with Gasteiger partial charge in [0.15, 0.2) is 5.78 Å². The molecule has 72 valence electrons. The second-order valence-electron chi connectivity index (χ2n) is 3.35. The minimum absolute atomic E-state index is 0.108. The third-order valence-electron chi connectivity index (χ3n) is 2.11. The average molecular weight is 186 g/mol. The first-order valence-corrected chi connectivity index (χ1v) is 4.65. The zero-order valence-electron chi connectivity index (χ0n) is 8.85. The number of hydrogen-bond acceptors (Lipinski definition) is 1. The van der Waals surface area contributed by atoms with Gasteiger partial charge in [0.1, 0.15) is 0 Å². The molecular weight excluding hydrogens is 172 g/mol.